The van der Waals surface area contributed by atoms with Crippen LogP contribution in [0, 0.1) is 5.92 Å². The fourth-order valence-corrected chi connectivity index (χ4v) is 2.11. The van der Waals surface area contributed by atoms with Crippen molar-refractivity contribution in [2.45, 2.75) is 13.8 Å². The first-order valence-corrected chi connectivity index (χ1v) is 3.99. The van der Waals surface area contributed by atoms with E-state index in [0.717, 1.165) is 10.4 Å². The summed E-state index contributed by atoms with van der Waals surface area (Å²) in [5.41, 5.74) is 1.55. The third kappa shape index (κ3) is 3.56. The Morgan fingerprint density at radius 1 is 1.45 bits per heavy atom. The van der Waals surface area contributed by atoms with E-state index >= 15 is 0 Å². The summed E-state index contributed by atoms with van der Waals surface area (Å²) in [7, 11) is 4.60. The molecule has 0 aromatic carbocycles. The topological polar surface area (TPSA) is 0 Å². The van der Waals surface area contributed by atoms with E-state index in [0.29, 0.717) is 0 Å². The summed E-state index contributed by atoms with van der Waals surface area (Å²) in [6.45, 7) is 7.04. The molecule has 0 amide bonds. The first-order chi connectivity index (χ1) is 4.49. The summed E-state index contributed by atoms with van der Waals surface area (Å²) in [6, 6.07) is 0. The molecule has 11 heavy (non-hydrogen) atoms. The Morgan fingerprint density at radius 2 is 2.00 bits per heavy atom. The van der Waals surface area contributed by atoms with Gasteiger partial charge in [0.25, 0.3) is 0 Å². The number of halogens is 1. The maximum Gasteiger partial charge on any atom is 0.0996 e. The van der Waals surface area contributed by atoms with Crippen LogP contribution in [0.1, 0.15) is 13.8 Å². The number of hydrogen-bond acceptors (Lipinski definition) is 0. The van der Waals surface area contributed by atoms with Crippen molar-refractivity contribution in [1.82, 2.24) is 0 Å². The molecule has 1 atom stereocenters. The molecular formula is C9H18IN. The SMILES string of the molecule is CC1=CC(C)C[N+](C)(C)C1.[I-]. The average molecular weight is 267 g/mol. The van der Waals surface area contributed by atoms with E-state index in [1.54, 1.807) is 5.57 Å². The van der Waals surface area contributed by atoms with Crippen LogP contribution in [0.25, 0.3) is 0 Å². The molecule has 0 aromatic rings. The molecule has 1 rings (SSSR count). The van der Waals surface area contributed by atoms with Crippen LogP contribution in [-0.2, 0) is 0 Å². The molecule has 0 radical (unpaired) electrons. The van der Waals surface area contributed by atoms with Crippen molar-refractivity contribution in [1.29, 1.82) is 0 Å². The lowest BCUT2D eigenvalue weighted by Gasteiger charge is -2.35. The van der Waals surface area contributed by atoms with Crippen LogP contribution in [0.5, 0.6) is 0 Å². The Morgan fingerprint density at radius 3 is 2.36 bits per heavy atom. The molecule has 0 bridgehead atoms. The summed E-state index contributed by atoms with van der Waals surface area (Å²) in [5.74, 6) is 0.767. The first kappa shape index (κ1) is 11.4. The zero-order chi connectivity index (χ0) is 7.78. The minimum Gasteiger partial charge on any atom is -1.00 e. The van der Waals surface area contributed by atoms with Crippen molar-refractivity contribution in [2.75, 3.05) is 27.2 Å². The van der Waals surface area contributed by atoms with Gasteiger partial charge in [0.05, 0.1) is 27.2 Å². The fraction of sp³-hybridized carbons (Fsp3) is 0.778. The van der Waals surface area contributed by atoms with Crippen LogP contribution in [0.4, 0.5) is 0 Å². The van der Waals surface area contributed by atoms with Gasteiger partial charge in [-0.15, -0.1) is 0 Å². The Labute approximate surface area is 87.1 Å². The van der Waals surface area contributed by atoms with E-state index in [2.05, 4.69) is 34.0 Å². The summed E-state index contributed by atoms with van der Waals surface area (Å²) < 4.78 is 1.16. The van der Waals surface area contributed by atoms with E-state index in [1.165, 1.54) is 13.1 Å². The molecule has 1 aliphatic heterocycles. The normalized spacial score (nSPS) is 28.7. The highest BCUT2D eigenvalue weighted by molar-refractivity contribution is 5.03. The number of hydrogen-bond donors (Lipinski definition) is 0. The molecule has 1 unspecified atom stereocenters. The van der Waals surface area contributed by atoms with Gasteiger partial charge in [0.15, 0.2) is 0 Å². The molecule has 0 aliphatic carbocycles. The third-order valence-corrected chi connectivity index (χ3v) is 2.03. The number of nitrogens with zero attached hydrogens (tertiary/aromatic N) is 1. The smallest absolute Gasteiger partial charge is 0.0996 e. The monoisotopic (exact) mass is 267 g/mol. The Bertz CT molecular complexity index is 161. The van der Waals surface area contributed by atoms with E-state index in [-0.39, 0.29) is 24.0 Å². The molecular weight excluding hydrogens is 249 g/mol. The highest BCUT2D eigenvalue weighted by atomic mass is 127. The zero-order valence-corrected chi connectivity index (χ0v) is 10.1. The highest BCUT2D eigenvalue weighted by Gasteiger charge is 2.22. The predicted octanol–water partition coefficient (Wildman–Crippen LogP) is -1.34. The number of rotatable bonds is 0. The van der Waals surface area contributed by atoms with Gasteiger partial charge in [-0.25, -0.2) is 0 Å². The molecule has 1 heterocycles. The second-order valence-corrected chi connectivity index (χ2v) is 4.27. The van der Waals surface area contributed by atoms with Crippen LogP contribution in [0.15, 0.2) is 11.6 Å². The third-order valence-electron chi connectivity index (χ3n) is 2.03. The molecule has 0 saturated heterocycles. The van der Waals surface area contributed by atoms with Crippen LogP contribution in [0.3, 0.4) is 0 Å². The Kier molecular flexibility index (Phi) is 4.05. The minimum atomic E-state index is 0. The Hall–Kier alpha value is 0.430. The largest absolute Gasteiger partial charge is 1.00 e. The second kappa shape index (κ2) is 3.90. The molecule has 0 N–H and O–H groups in total. The number of quaternary nitrogens is 1. The summed E-state index contributed by atoms with van der Waals surface area (Å²) in [6.07, 6.45) is 2.39. The van der Waals surface area contributed by atoms with E-state index in [4.69, 9.17) is 0 Å². The average Bonchev–Trinajstić information content (AvgIpc) is 1.54. The minimum absolute atomic E-state index is 0. The molecule has 0 spiro atoms. The fourth-order valence-electron chi connectivity index (χ4n) is 2.11. The van der Waals surface area contributed by atoms with Crippen molar-refractivity contribution in [3.8, 4) is 0 Å². The maximum atomic E-state index is 2.39. The first-order valence-electron chi connectivity index (χ1n) is 3.99. The summed E-state index contributed by atoms with van der Waals surface area (Å²) >= 11 is 0. The Balaban J connectivity index is 0.000001000. The van der Waals surface area contributed by atoms with Crippen molar-refractivity contribution < 1.29 is 28.5 Å². The predicted molar refractivity (Wildman–Crippen MR) is 44.8 cm³/mol. The molecule has 1 aliphatic rings. The highest BCUT2D eigenvalue weighted by Crippen LogP contribution is 2.17. The quantitative estimate of drug-likeness (QED) is 0.290. The van der Waals surface area contributed by atoms with Crippen LogP contribution >= 0.6 is 0 Å². The van der Waals surface area contributed by atoms with E-state index in [1.807, 2.05) is 0 Å². The van der Waals surface area contributed by atoms with Crippen LogP contribution in [0.2, 0.25) is 0 Å². The number of likely N-dealkylation sites (N-methyl/N-ethyl adjacent to an activating group) is 1. The van der Waals surface area contributed by atoms with Gasteiger partial charge in [0, 0.05) is 5.92 Å². The summed E-state index contributed by atoms with van der Waals surface area (Å²) in [4.78, 5) is 0. The van der Waals surface area contributed by atoms with Gasteiger partial charge in [0.1, 0.15) is 0 Å². The summed E-state index contributed by atoms with van der Waals surface area (Å²) in [5, 5.41) is 0. The maximum absolute atomic E-state index is 2.39. The lowest BCUT2D eigenvalue weighted by Crippen LogP contribution is -3.00. The molecule has 1 nitrogen and oxygen atoms in total. The second-order valence-electron chi connectivity index (χ2n) is 4.27. The molecule has 2 heteroatoms. The molecule has 0 saturated carbocycles. The molecule has 0 fully saturated rings. The van der Waals surface area contributed by atoms with Gasteiger partial charge in [-0.2, -0.15) is 0 Å². The van der Waals surface area contributed by atoms with Crippen molar-refractivity contribution in [3.05, 3.63) is 11.6 Å². The van der Waals surface area contributed by atoms with Crippen molar-refractivity contribution in [3.63, 3.8) is 0 Å². The van der Waals surface area contributed by atoms with Gasteiger partial charge in [-0.1, -0.05) is 13.0 Å². The molecule has 66 valence electrons. The van der Waals surface area contributed by atoms with E-state index < -0.39 is 0 Å². The standard InChI is InChI=1S/C9H18N.HI/c1-8-5-9(2)7-10(3,4)6-8;/h5,8H,6-7H2,1-4H3;1H/q+1;/p-1. The lowest BCUT2D eigenvalue weighted by molar-refractivity contribution is -0.889. The van der Waals surface area contributed by atoms with Gasteiger partial charge in [-0.3, -0.25) is 0 Å². The van der Waals surface area contributed by atoms with Crippen molar-refractivity contribution >= 4 is 0 Å². The lowest BCUT2D eigenvalue weighted by atomic mass is 10.0. The van der Waals surface area contributed by atoms with Crippen LogP contribution < -0.4 is 24.0 Å². The van der Waals surface area contributed by atoms with Crippen molar-refractivity contribution in [2.24, 2.45) is 5.92 Å². The van der Waals surface area contributed by atoms with E-state index in [9.17, 15) is 0 Å². The van der Waals surface area contributed by atoms with Gasteiger partial charge in [-0.05, 0) is 12.5 Å². The van der Waals surface area contributed by atoms with Gasteiger partial charge < -0.3 is 28.5 Å². The van der Waals surface area contributed by atoms with Crippen LogP contribution in [-0.4, -0.2) is 31.7 Å². The molecule has 0 aromatic heterocycles. The van der Waals surface area contributed by atoms with Gasteiger partial charge >= 0.3 is 0 Å². The zero-order valence-electron chi connectivity index (χ0n) is 7.89. The van der Waals surface area contributed by atoms with Gasteiger partial charge in [0.2, 0.25) is 0 Å².